The molecule has 1 heterocycles. The SMILES string of the molecule is CC(Cc1cccnc1)(C(=O)O)c1cc(Cl)ccc1Cl. The van der Waals surface area contributed by atoms with Crippen LogP contribution in [0.25, 0.3) is 0 Å². The molecule has 0 aliphatic rings. The summed E-state index contributed by atoms with van der Waals surface area (Å²) in [6, 6.07) is 8.47. The Morgan fingerprint density at radius 3 is 2.70 bits per heavy atom. The van der Waals surface area contributed by atoms with E-state index in [2.05, 4.69) is 4.98 Å². The molecule has 1 atom stereocenters. The van der Waals surface area contributed by atoms with Gasteiger partial charge < -0.3 is 5.11 Å². The fourth-order valence-corrected chi connectivity index (χ4v) is 2.62. The van der Waals surface area contributed by atoms with Crippen LogP contribution in [0.3, 0.4) is 0 Å². The zero-order valence-electron chi connectivity index (χ0n) is 10.8. The van der Waals surface area contributed by atoms with Gasteiger partial charge in [-0.25, -0.2) is 0 Å². The number of nitrogens with zero attached hydrogens (tertiary/aromatic N) is 1. The number of pyridine rings is 1. The normalized spacial score (nSPS) is 13.8. The quantitative estimate of drug-likeness (QED) is 0.929. The maximum absolute atomic E-state index is 11.8. The Labute approximate surface area is 127 Å². The second kappa shape index (κ2) is 5.81. The molecule has 5 heteroatoms. The van der Waals surface area contributed by atoms with Crippen LogP contribution in [0.2, 0.25) is 10.0 Å². The van der Waals surface area contributed by atoms with Crippen LogP contribution >= 0.6 is 23.2 Å². The summed E-state index contributed by atoms with van der Waals surface area (Å²) in [6.45, 7) is 1.64. The molecule has 0 spiro atoms. The number of hydrogen-bond acceptors (Lipinski definition) is 2. The lowest BCUT2D eigenvalue weighted by molar-refractivity contribution is -0.143. The van der Waals surface area contributed by atoms with Crippen molar-refractivity contribution in [2.24, 2.45) is 0 Å². The summed E-state index contributed by atoms with van der Waals surface area (Å²) in [5.41, 5.74) is 0.168. The van der Waals surface area contributed by atoms with Crippen molar-refractivity contribution in [2.45, 2.75) is 18.8 Å². The highest BCUT2D eigenvalue weighted by atomic mass is 35.5. The number of hydrogen-bond donors (Lipinski definition) is 1. The number of halogens is 2. The van der Waals surface area contributed by atoms with Crippen molar-refractivity contribution in [1.82, 2.24) is 4.98 Å². The maximum atomic E-state index is 11.8. The summed E-state index contributed by atoms with van der Waals surface area (Å²) in [5.74, 6) is -0.953. The van der Waals surface area contributed by atoms with E-state index in [0.29, 0.717) is 15.6 Å². The van der Waals surface area contributed by atoms with E-state index in [0.717, 1.165) is 5.56 Å². The largest absolute Gasteiger partial charge is 0.481 e. The molecular formula is C15H13Cl2NO2. The Kier molecular flexibility index (Phi) is 4.31. The van der Waals surface area contributed by atoms with Crippen LogP contribution in [0.15, 0.2) is 42.7 Å². The number of carbonyl (C=O) groups is 1. The van der Waals surface area contributed by atoms with Crippen LogP contribution < -0.4 is 0 Å². The highest BCUT2D eigenvalue weighted by molar-refractivity contribution is 6.34. The molecule has 0 aliphatic carbocycles. The van der Waals surface area contributed by atoms with Gasteiger partial charge in [0.15, 0.2) is 0 Å². The molecule has 0 bridgehead atoms. The molecule has 0 amide bonds. The third kappa shape index (κ3) is 2.94. The van der Waals surface area contributed by atoms with Gasteiger partial charge in [-0.2, -0.15) is 0 Å². The van der Waals surface area contributed by atoms with E-state index < -0.39 is 11.4 Å². The molecule has 2 aromatic rings. The molecule has 1 aromatic carbocycles. The summed E-state index contributed by atoms with van der Waals surface area (Å²) in [4.78, 5) is 15.8. The molecule has 1 unspecified atom stereocenters. The molecule has 2 rings (SSSR count). The van der Waals surface area contributed by atoms with E-state index in [9.17, 15) is 9.90 Å². The van der Waals surface area contributed by atoms with Gasteiger partial charge in [0.25, 0.3) is 0 Å². The predicted octanol–water partition coefficient (Wildman–Crippen LogP) is 3.97. The number of carboxylic acid groups (broad SMARTS) is 1. The van der Waals surface area contributed by atoms with Crippen molar-refractivity contribution in [3.05, 3.63) is 63.9 Å². The molecule has 0 saturated carbocycles. The van der Waals surface area contributed by atoms with E-state index in [1.54, 1.807) is 43.6 Å². The van der Waals surface area contributed by atoms with Crippen molar-refractivity contribution in [2.75, 3.05) is 0 Å². The third-order valence-electron chi connectivity index (χ3n) is 3.28. The molecule has 1 aromatic heterocycles. The van der Waals surface area contributed by atoms with Crippen LogP contribution in [0.4, 0.5) is 0 Å². The second-order valence-corrected chi connectivity index (χ2v) is 5.64. The first kappa shape index (κ1) is 14.8. The number of aliphatic carboxylic acids is 1. The monoisotopic (exact) mass is 309 g/mol. The predicted molar refractivity (Wildman–Crippen MR) is 79.4 cm³/mol. The first-order valence-corrected chi connectivity index (χ1v) is 6.77. The van der Waals surface area contributed by atoms with Gasteiger partial charge in [0, 0.05) is 22.4 Å². The smallest absolute Gasteiger partial charge is 0.314 e. The van der Waals surface area contributed by atoms with Crippen molar-refractivity contribution < 1.29 is 9.90 Å². The van der Waals surface area contributed by atoms with Gasteiger partial charge in [-0.05, 0) is 48.7 Å². The molecule has 104 valence electrons. The summed E-state index contributed by atoms with van der Waals surface area (Å²) >= 11 is 12.1. The van der Waals surface area contributed by atoms with Gasteiger partial charge in [-0.15, -0.1) is 0 Å². The van der Waals surface area contributed by atoms with Gasteiger partial charge in [-0.1, -0.05) is 29.3 Å². The van der Waals surface area contributed by atoms with Crippen molar-refractivity contribution in [1.29, 1.82) is 0 Å². The first-order valence-electron chi connectivity index (χ1n) is 6.01. The average Bonchev–Trinajstić information content (AvgIpc) is 2.42. The lowest BCUT2D eigenvalue weighted by Crippen LogP contribution is -2.35. The van der Waals surface area contributed by atoms with E-state index in [-0.39, 0.29) is 6.42 Å². The second-order valence-electron chi connectivity index (χ2n) is 4.80. The fourth-order valence-electron chi connectivity index (χ4n) is 2.12. The minimum atomic E-state index is -1.16. The number of rotatable bonds is 4. The minimum absolute atomic E-state index is 0.288. The van der Waals surface area contributed by atoms with E-state index in [4.69, 9.17) is 23.2 Å². The number of carboxylic acids is 1. The molecule has 20 heavy (non-hydrogen) atoms. The summed E-state index contributed by atoms with van der Waals surface area (Å²) in [7, 11) is 0. The third-order valence-corrected chi connectivity index (χ3v) is 3.84. The zero-order valence-corrected chi connectivity index (χ0v) is 12.3. The van der Waals surface area contributed by atoms with Crippen LogP contribution in [-0.2, 0) is 16.6 Å². The van der Waals surface area contributed by atoms with Gasteiger partial charge >= 0.3 is 5.97 Å². The van der Waals surface area contributed by atoms with Crippen molar-refractivity contribution in [3.8, 4) is 0 Å². The minimum Gasteiger partial charge on any atom is -0.481 e. The Hall–Kier alpha value is -1.58. The number of aromatic nitrogens is 1. The Morgan fingerprint density at radius 2 is 2.10 bits per heavy atom. The van der Waals surface area contributed by atoms with Gasteiger partial charge in [0.2, 0.25) is 0 Å². The molecule has 1 N–H and O–H groups in total. The van der Waals surface area contributed by atoms with Crippen LogP contribution in [0, 0.1) is 0 Å². The molecule has 3 nitrogen and oxygen atoms in total. The molecule has 0 fully saturated rings. The zero-order chi connectivity index (χ0) is 14.8. The Balaban J connectivity index is 2.49. The Morgan fingerprint density at radius 1 is 1.35 bits per heavy atom. The lowest BCUT2D eigenvalue weighted by atomic mass is 9.77. The highest BCUT2D eigenvalue weighted by Gasteiger charge is 2.37. The maximum Gasteiger partial charge on any atom is 0.314 e. The summed E-state index contributed by atoms with van der Waals surface area (Å²) in [5, 5.41) is 10.5. The van der Waals surface area contributed by atoms with E-state index >= 15 is 0 Å². The standard InChI is InChI=1S/C15H13Cl2NO2/c1-15(14(19)20,8-10-3-2-6-18-9-10)12-7-11(16)4-5-13(12)17/h2-7,9H,8H2,1H3,(H,19,20). The molecule has 0 radical (unpaired) electrons. The fraction of sp³-hybridized carbons (Fsp3) is 0.200. The topological polar surface area (TPSA) is 50.2 Å². The highest BCUT2D eigenvalue weighted by Crippen LogP contribution is 2.35. The van der Waals surface area contributed by atoms with Crippen LogP contribution in [0.1, 0.15) is 18.1 Å². The Bertz CT molecular complexity index is 631. The van der Waals surface area contributed by atoms with E-state index in [1.807, 2.05) is 6.07 Å². The summed E-state index contributed by atoms with van der Waals surface area (Å²) < 4.78 is 0. The van der Waals surface area contributed by atoms with Crippen molar-refractivity contribution in [3.63, 3.8) is 0 Å². The van der Waals surface area contributed by atoms with Crippen LogP contribution in [-0.4, -0.2) is 16.1 Å². The molecule has 0 aliphatic heterocycles. The summed E-state index contributed by atoms with van der Waals surface area (Å²) in [6.07, 6.45) is 3.59. The first-order chi connectivity index (χ1) is 9.43. The molecule has 0 saturated heterocycles. The lowest BCUT2D eigenvalue weighted by Gasteiger charge is -2.26. The molecular weight excluding hydrogens is 297 g/mol. The number of benzene rings is 1. The van der Waals surface area contributed by atoms with Gasteiger partial charge in [0.05, 0.1) is 5.41 Å². The van der Waals surface area contributed by atoms with Crippen molar-refractivity contribution >= 4 is 29.2 Å². The van der Waals surface area contributed by atoms with Gasteiger partial charge in [0.1, 0.15) is 0 Å². The van der Waals surface area contributed by atoms with Gasteiger partial charge in [-0.3, -0.25) is 9.78 Å². The average molecular weight is 310 g/mol. The van der Waals surface area contributed by atoms with Crippen LogP contribution in [0.5, 0.6) is 0 Å². The van der Waals surface area contributed by atoms with E-state index in [1.165, 1.54) is 0 Å².